The number of rotatable bonds is 4. The molecule has 1 heterocycles. The molecule has 0 aromatic heterocycles. The molecule has 0 atom stereocenters. The molecule has 0 spiro atoms. The van der Waals surface area contributed by atoms with Crippen LogP contribution in [-0.2, 0) is 12.8 Å². The maximum Gasteiger partial charge on any atom is 0.131 e. The molecule has 2 aromatic carbocycles. The Morgan fingerprint density at radius 1 is 1.29 bits per heavy atom. The van der Waals surface area contributed by atoms with Gasteiger partial charge in [0.1, 0.15) is 23.1 Å². The standard InChI is InChI=1S/C17H18FNO2/c1-11-8-17(12(4-6-19)10-15(11)18)21-14-2-3-16-13(9-14)5-7-20-16/h2-3,8-10H,4-7,19H2,1H3. The first-order chi connectivity index (χ1) is 10.2. The summed E-state index contributed by atoms with van der Waals surface area (Å²) in [6.07, 6.45) is 1.48. The van der Waals surface area contributed by atoms with Gasteiger partial charge in [-0.3, -0.25) is 0 Å². The van der Waals surface area contributed by atoms with Crippen molar-refractivity contribution in [3.63, 3.8) is 0 Å². The number of benzene rings is 2. The van der Waals surface area contributed by atoms with Crippen LogP contribution in [0.4, 0.5) is 4.39 Å². The Morgan fingerprint density at radius 3 is 2.95 bits per heavy atom. The van der Waals surface area contributed by atoms with Crippen LogP contribution in [0.1, 0.15) is 16.7 Å². The lowest BCUT2D eigenvalue weighted by Gasteiger charge is -2.13. The summed E-state index contributed by atoms with van der Waals surface area (Å²) in [5.41, 5.74) is 8.09. The van der Waals surface area contributed by atoms with Crippen molar-refractivity contribution < 1.29 is 13.9 Å². The predicted octanol–water partition coefficient (Wildman–Crippen LogP) is 3.36. The van der Waals surface area contributed by atoms with Crippen molar-refractivity contribution in [3.05, 3.63) is 52.8 Å². The minimum Gasteiger partial charge on any atom is -0.493 e. The molecule has 21 heavy (non-hydrogen) atoms. The number of aryl methyl sites for hydroxylation is 1. The molecule has 2 N–H and O–H groups in total. The van der Waals surface area contributed by atoms with E-state index in [4.69, 9.17) is 15.2 Å². The van der Waals surface area contributed by atoms with Crippen LogP contribution in [0.15, 0.2) is 30.3 Å². The number of fused-ring (bicyclic) bond motifs is 1. The van der Waals surface area contributed by atoms with Gasteiger partial charge in [-0.25, -0.2) is 4.39 Å². The Bertz CT molecular complexity index is 670. The zero-order valence-corrected chi connectivity index (χ0v) is 12.0. The zero-order chi connectivity index (χ0) is 14.8. The summed E-state index contributed by atoms with van der Waals surface area (Å²) in [4.78, 5) is 0. The van der Waals surface area contributed by atoms with E-state index in [0.29, 0.717) is 30.9 Å². The molecule has 0 saturated heterocycles. The molecule has 0 saturated carbocycles. The SMILES string of the molecule is Cc1cc(Oc2ccc3c(c2)CCO3)c(CCN)cc1F. The van der Waals surface area contributed by atoms with Crippen molar-refractivity contribution >= 4 is 0 Å². The first-order valence-corrected chi connectivity index (χ1v) is 7.10. The van der Waals surface area contributed by atoms with Crippen LogP contribution < -0.4 is 15.2 Å². The van der Waals surface area contributed by atoms with Gasteiger partial charge in [0.15, 0.2) is 0 Å². The van der Waals surface area contributed by atoms with E-state index in [1.54, 1.807) is 13.0 Å². The van der Waals surface area contributed by atoms with Gasteiger partial charge in [0, 0.05) is 12.0 Å². The van der Waals surface area contributed by atoms with E-state index in [2.05, 4.69) is 0 Å². The molecule has 0 aliphatic carbocycles. The van der Waals surface area contributed by atoms with Crippen LogP contribution in [0.25, 0.3) is 0 Å². The topological polar surface area (TPSA) is 44.5 Å². The van der Waals surface area contributed by atoms with E-state index < -0.39 is 0 Å². The molecule has 0 unspecified atom stereocenters. The Morgan fingerprint density at radius 2 is 2.14 bits per heavy atom. The molecule has 1 aliphatic heterocycles. The summed E-state index contributed by atoms with van der Waals surface area (Å²) < 4.78 is 25.1. The van der Waals surface area contributed by atoms with Gasteiger partial charge in [0.2, 0.25) is 0 Å². The van der Waals surface area contributed by atoms with Gasteiger partial charge in [-0.15, -0.1) is 0 Å². The molecular formula is C17H18FNO2. The minimum atomic E-state index is -0.229. The highest BCUT2D eigenvalue weighted by atomic mass is 19.1. The quantitative estimate of drug-likeness (QED) is 0.937. The van der Waals surface area contributed by atoms with Crippen LogP contribution in [0.5, 0.6) is 17.2 Å². The fourth-order valence-corrected chi connectivity index (χ4v) is 2.50. The summed E-state index contributed by atoms with van der Waals surface area (Å²) in [6.45, 7) is 2.90. The predicted molar refractivity (Wildman–Crippen MR) is 79.6 cm³/mol. The lowest BCUT2D eigenvalue weighted by atomic mass is 10.1. The van der Waals surface area contributed by atoms with Gasteiger partial charge in [-0.1, -0.05) is 0 Å². The van der Waals surface area contributed by atoms with Crippen LogP contribution in [0.2, 0.25) is 0 Å². The second kappa shape index (κ2) is 5.74. The molecule has 0 fully saturated rings. The minimum absolute atomic E-state index is 0.229. The normalized spacial score (nSPS) is 12.9. The number of hydrogen-bond donors (Lipinski definition) is 1. The number of ether oxygens (including phenoxy) is 2. The van der Waals surface area contributed by atoms with Gasteiger partial charge in [0.05, 0.1) is 6.61 Å². The molecular weight excluding hydrogens is 269 g/mol. The van der Waals surface area contributed by atoms with Crippen LogP contribution >= 0.6 is 0 Å². The monoisotopic (exact) mass is 287 g/mol. The third-order valence-electron chi connectivity index (χ3n) is 3.64. The Balaban J connectivity index is 1.91. The van der Waals surface area contributed by atoms with E-state index in [-0.39, 0.29) is 5.82 Å². The first kappa shape index (κ1) is 13.9. The van der Waals surface area contributed by atoms with E-state index in [9.17, 15) is 4.39 Å². The van der Waals surface area contributed by atoms with Gasteiger partial charge in [-0.2, -0.15) is 0 Å². The van der Waals surface area contributed by atoms with Gasteiger partial charge < -0.3 is 15.2 Å². The van der Waals surface area contributed by atoms with Crippen LogP contribution in [-0.4, -0.2) is 13.2 Å². The van der Waals surface area contributed by atoms with Gasteiger partial charge in [0.25, 0.3) is 0 Å². The van der Waals surface area contributed by atoms with Crippen molar-refractivity contribution in [2.75, 3.05) is 13.2 Å². The molecule has 110 valence electrons. The van der Waals surface area contributed by atoms with Crippen molar-refractivity contribution in [3.8, 4) is 17.2 Å². The molecule has 0 bridgehead atoms. The molecule has 0 radical (unpaired) electrons. The molecule has 2 aromatic rings. The second-order valence-electron chi connectivity index (χ2n) is 5.22. The third-order valence-corrected chi connectivity index (χ3v) is 3.64. The zero-order valence-electron chi connectivity index (χ0n) is 12.0. The average Bonchev–Trinajstić information content (AvgIpc) is 2.92. The lowest BCUT2D eigenvalue weighted by molar-refractivity contribution is 0.356. The highest BCUT2D eigenvalue weighted by molar-refractivity contribution is 5.46. The summed E-state index contributed by atoms with van der Waals surface area (Å²) >= 11 is 0. The summed E-state index contributed by atoms with van der Waals surface area (Å²) in [5.74, 6) is 2.09. The van der Waals surface area contributed by atoms with Crippen LogP contribution in [0.3, 0.4) is 0 Å². The smallest absolute Gasteiger partial charge is 0.131 e. The second-order valence-corrected chi connectivity index (χ2v) is 5.22. The van der Waals surface area contributed by atoms with Crippen molar-refractivity contribution in [1.82, 2.24) is 0 Å². The van der Waals surface area contributed by atoms with E-state index >= 15 is 0 Å². The Kier molecular flexibility index (Phi) is 3.80. The van der Waals surface area contributed by atoms with E-state index in [1.807, 2.05) is 18.2 Å². The highest BCUT2D eigenvalue weighted by Gasteiger charge is 2.14. The third kappa shape index (κ3) is 2.85. The fourth-order valence-electron chi connectivity index (χ4n) is 2.50. The molecule has 3 nitrogen and oxygen atoms in total. The number of nitrogens with two attached hydrogens (primary N) is 1. The Hall–Kier alpha value is -2.07. The Labute approximate surface area is 123 Å². The molecule has 1 aliphatic rings. The van der Waals surface area contributed by atoms with Crippen molar-refractivity contribution in [2.24, 2.45) is 5.73 Å². The molecule has 3 rings (SSSR count). The summed E-state index contributed by atoms with van der Waals surface area (Å²) in [6, 6.07) is 9.00. The maximum absolute atomic E-state index is 13.7. The largest absolute Gasteiger partial charge is 0.493 e. The summed E-state index contributed by atoms with van der Waals surface area (Å²) in [7, 11) is 0. The van der Waals surface area contributed by atoms with Crippen LogP contribution in [0, 0.1) is 12.7 Å². The van der Waals surface area contributed by atoms with Gasteiger partial charge >= 0.3 is 0 Å². The van der Waals surface area contributed by atoms with Gasteiger partial charge in [-0.05, 0) is 61.3 Å². The van der Waals surface area contributed by atoms with E-state index in [0.717, 1.165) is 29.0 Å². The lowest BCUT2D eigenvalue weighted by Crippen LogP contribution is -2.05. The van der Waals surface area contributed by atoms with E-state index in [1.165, 1.54) is 6.07 Å². The molecule has 0 amide bonds. The average molecular weight is 287 g/mol. The first-order valence-electron chi connectivity index (χ1n) is 7.10. The highest BCUT2D eigenvalue weighted by Crippen LogP contribution is 2.33. The van der Waals surface area contributed by atoms with Crippen molar-refractivity contribution in [1.29, 1.82) is 0 Å². The summed E-state index contributed by atoms with van der Waals surface area (Å²) in [5, 5.41) is 0. The molecule has 4 heteroatoms. The number of hydrogen-bond acceptors (Lipinski definition) is 3. The number of halogens is 1. The fraction of sp³-hybridized carbons (Fsp3) is 0.294. The maximum atomic E-state index is 13.7. The van der Waals surface area contributed by atoms with Crippen molar-refractivity contribution in [2.45, 2.75) is 19.8 Å².